The Morgan fingerprint density at radius 2 is 1.93 bits per heavy atom. The van der Waals surface area contributed by atoms with Crippen molar-refractivity contribution in [3.8, 4) is 0 Å². The van der Waals surface area contributed by atoms with Gasteiger partial charge in [-0.3, -0.25) is 4.79 Å². The van der Waals surface area contributed by atoms with Gasteiger partial charge >= 0.3 is 11.9 Å². The molecule has 0 saturated heterocycles. The zero-order valence-electron chi connectivity index (χ0n) is 8.21. The van der Waals surface area contributed by atoms with Crippen molar-refractivity contribution in [3.05, 3.63) is 11.1 Å². The summed E-state index contributed by atoms with van der Waals surface area (Å²) >= 11 is 0. The minimum absolute atomic E-state index is 0.110. The van der Waals surface area contributed by atoms with E-state index in [1.54, 1.807) is 0 Å². The van der Waals surface area contributed by atoms with Gasteiger partial charge in [-0.2, -0.15) is 0 Å². The van der Waals surface area contributed by atoms with Gasteiger partial charge in [-0.05, 0) is 25.7 Å². The van der Waals surface area contributed by atoms with Crippen molar-refractivity contribution < 1.29 is 19.4 Å². The summed E-state index contributed by atoms with van der Waals surface area (Å²) in [5, 5.41) is 8.91. The zero-order chi connectivity index (χ0) is 10.6. The number of hydrogen-bond acceptors (Lipinski definition) is 3. The second kappa shape index (κ2) is 4.79. The van der Waals surface area contributed by atoms with E-state index < -0.39 is 11.9 Å². The van der Waals surface area contributed by atoms with Crippen LogP contribution in [0, 0.1) is 0 Å². The molecule has 1 saturated carbocycles. The summed E-state index contributed by atoms with van der Waals surface area (Å²) < 4.78 is 4.45. The van der Waals surface area contributed by atoms with E-state index in [0.29, 0.717) is 0 Å². The zero-order valence-corrected chi connectivity index (χ0v) is 8.21. The Kier molecular flexibility index (Phi) is 3.68. The highest BCUT2D eigenvalue weighted by Crippen LogP contribution is 2.28. The van der Waals surface area contributed by atoms with E-state index >= 15 is 0 Å². The maximum absolute atomic E-state index is 11.0. The van der Waals surface area contributed by atoms with Gasteiger partial charge in [0.25, 0.3) is 0 Å². The van der Waals surface area contributed by atoms with Crippen LogP contribution < -0.4 is 0 Å². The monoisotopic (exact) mass is 198 g/mol. The number of aliphatic carboxylic acids is 1. The molecule has 1 aliphatic carbocycles. The number of esters is 1. The van der Waals surface area contributed by atoms with Crippen LogP contribution in [-0.2, 0) is 14.3 Å². The molecule has 0 amide bonds. The number of hydrogen-bond donors (Lipinski definition) is 1. The number of ether oxygens (including phenoxy) is 1. The molecule has 1 N–H and O–H groups in total. The van der Waals surface area contributed by atoms with Crippen molar-refractivity contribution in [2.24, 2.45) is 0 Å². The fourth-order valence-corrected chi connectivity index (χ4v) is 1.67. The molecule has 1 fully saturated rings. The molecule has 0 spiro atoms. The van der Waals surface area contributed by atoms with Crippen molar-refractivity contribution in [2.75, 3.05) is 7.11 Å². The van der Waals surface area contributed by atoms with Crippen LogP contribution in [0.25, 0.3) is 0 Å². The van der Waals surface area contributed by atoms with Gasteiger partial charge in [-0.1, -0.05) is 5.57 Å². The molecule has 14 heavy (non-hydrogen) atoms. The normalized spacial score (nSPS) is 15.4. The first-order chi connectivity index (χ1) is 6.65. The van der Waals surface area contributed by atoms with Crippen LogP contribution in [0.5, 0.6) is 0 Å². The third-order valence-corrected chi connectivity index (χ3v) is 2.44. The molecule has 0 aromatic heterocycles. The molecule has 78 valence electrons. The quantitative estimate of drug-likeness (QED) is 0.551. The first-order valence-electron chi connectivity index (χ1n) is 4.66. The van der Waals surface area contributed by atoms with Gasteiger partial charge in [-0.25, -0.2) is 4.79 Å². The largest absolute Gasteiger partial charge is 0.478 e. The van der Waals surface area contributed by atoms with Crippen LogP contribution in [0.4, 0.5) is 0 Å². The summed E-state index contributed by atoms with van der Waals surface area (Å²) in [6.45, 7) is 0. The van der Waals surface area contributed by atoms with Crippen molar-refractivity contribution in [1.82, 2.24) is 0 Å². The van der Waals surface area contributed by atoms with E-state index in [-0.39, 0.29) is 12.0 Å². The van der Waals surface area contributed by atoms with E-state index in [2.05, 4.69) is 4.74 Å². The Hall–Kier alpha value is -1.32. The van der Waals surface area contributed by atoms with Crippen LogP contribution in [0.1, 0.15) is 32.1 Å². The third-order valence-electron chi connectivity index (χ3n) is 2.44. The molecule has 0 radical (unpaired) electrons. The van der Waals surface area contributed by atoms with Crippen LogP contribution in [0.2, 0.25) is 0 Å². The number of rotatable bonds is 3. The smallest absolute Gasteiger partial charge is 0.332 e. The van der Waals surface area contributed by atoms with Crippen LogP contribution in [-0.4, -0.2) is 24.2 Å². The van der Waals surface area contributed by atoms with Crippen molar-refractivity contribution >= 4 is 11.9 Å². The molecule has 0 aromatic carbocycles. The lowest BCUT2D eigenvalue weighted by atomic mass is 10.0. The van der Waals surface area contributed by atoms with Gasteiger partial charge < -0.3 is 9.84 Å². The summed E-state index contributed by atoms with van der Waals surface area (Å²) in [5.41, 5.74) is 1.14. The minimum Gasteiger partial charge on any atom is -0.478 e. The number of methoxy groups -OCH3 is 1. The molecule has 0 unspecified atom stereocenters. The standard InChI is InChI=1S/C10H14O4/c1-14-9(11)6-8(10(12)13)7-4-2-3-5-7/h2-6H2,1H3,(H,12,13). The molecule has 1 aliphatic rings. The number of carbonyl (C=O) groups excluding carboxylic acids is 1. The van der Waals surface area contributed by atoms with E-state index in [0.717, 1.165) is 31.3 Å². The maximum Gasteiger partial charge on any atom is 0.332 e. The van der Waals surface area contributed by atoms with Crippen molar-refractivity contribution in [2.45, 2.75) is 32.1 Å². The molecule has 0 heterocycles. The predicted octanol–water partition coefficient (Wildman–Crippen LogP) is 1.50. The Morgan fingerprint density at radius 3 is 2.36 bits per heavy atom. The van der Waals surface area contributed by atoms with Crippen LogP contribution in [0.15, 0.2) is 11.1 Å². The van der Waals surface area contributed by atoms with Gasteiger partial charge in [0.2, 0.25) is 0 Å². The fraction of sp³-hybridized carbons (Fsp3) is 0.600. The van der Waals surface area contributed by atoms with Gasteiger partial charge in [0, 0.05) is 5.57 Å². The van der Waals surface area contributed by atoms with E-state index in [1.807, 2.05) is 0 Å². The van der Waals surface area contributed by atoms with Gasteiger partial charge in [0.1, 0.15) is 0 Å². The summed E-state index contributed by atoms with van der Waals surface area (Å²) in [7, 11) is 1.26. The lowest BCUT2D eigenvalue weighted by molar-refractivity contribution is -0.142. The second-order valence-corrected chi connectivity index (χ2v) is 3.35. The predicted molar refractivity (Wildman–Crippen MR) is 49.8 cm³/mol. The van der Waals surface area contributed by atoms with Crippen molar-refractivity contribution in [3.63, 3.8) is 0 Å². The lowest BCUT2D eigenvalue weighted by Crippen LogP contribution is -2.10. The highest BCUT2D eigenvalue weighted by atomic mass is 16.5. The first-order valence-corrected chi connectivity index (χ1v) is 4.66. The summed E-state index contributed by atoms with van der Waals surface area (Å²) in [6, 6.07) is 0. The minimum atomic E-state index is -0.993. The molecule has 4 heteroatoms. The molecular formula is C10H14O4. The van der Waals surface area contributed by atoms with Gasteiger partial charge in [-0.15, -0.1) is 0 Å². The number of carboxylic acids is 1. The maximum atomic E-state index is 11.0. The summed E-state index contributed by atoms with van der Waals surface area (Å²) in [5.74, 6) is -1.48. The number of allylic oxidation sites excluding steroid dienone is 1. The average molecular weight is 198 g/mol. The van der Waals surface area contributed by atoms with E-state index in [1.165, 1.54) is 7.11 Å². The van der Waals surface area contributed by atoms with Crippen molar-refractivity contribution in [1.29, 1.82) is 0 Å². The summed E-state index contributed by atoms with van der Waals surface area (Å²) in [4.78, 5) is 21.8. The Morgan fingerprint density at radius 1 is 1.36 bits per heavy atom. The topological polar surface area (TPSA) is 63.6 Å². The second-order valence-electron chi connectivity index (χ2n) is 3.35. The Bertz CT molecular complexity index is 270. The lowest BCUT2D eigenvalue weighted by Gasteiger charge is -2.05. The average Bonchev–Trinajstić information content (AvgIpc) is 2.65. The van der Waals surface area contributed by atoms with Gasteiger partial charge in [0.05, 0.1) is 13.5 Å². The van der Waals surface area contributed by atoms with Crippen LogP contribution in [0.3, 0.4) is 0 Å². The summed E-state index contributed by atoms with van der Waals surface area (Å²) in [6.07, 6.45) is 3.54. The molecule has 1 rings (SSSR count). The van der Waals surface area contributed by atoms with Gasteiger partial charge in [0.15, 0.2) is 0 Å². The molecular weight excluding hydrogens is 184 g/mol. The first kappa shape index (κ1) is 10.8. The molecule has 4 nitrogen and oxygen atoms in total. The third kappa shape index (κ3) is 2.58. The SMILES string of the molecule is COC(=O)CC(C(=O)O)=C1CCCC1. The van der Waals surface area contributed by atoms with Crippen LogP contribution >= 0.6 is 0 Å². The molecule has 0 aromatic rings. The molecule has 0 atom stereocenters. The molecule has 0 bridgehead atoms. The molecule has 0 aliphatic heterocycles. The highest BCUT2D eigenvalue weighted by Gasteiger charge is 2.20. The van der Waals surface area contributed by atoms with E-state index in [4.69, 9.17) is 5.11 Å². The number of carboxylic acid groups (broad SMARTS) is 1. The highest BCUT2D eigenvalue weighted by molar-refractivity contribution is 5.93. The number of carbonyl (C=O) groups is 2. The Balaban J connectivity index is 2.78. The Labute approximate surface area is 82.6 Å². The van der Waals surface area contributed by atoms with E-state index in [9.17, 15) is 9.59 Å². The fourth-order valence-electron chi connectivity index (χ4n) is 1.67.